The van der Waals surface area contributed by atoms with Crippen LogP contribution >= 0.6 is 0 Å². The SMILES string of the molecule is c1ccc(C2(c3ccc(N(c4ccc(-c5cccc(-c6ccc7oc8ccccc8c7c6)c5)cc4)c4ccc(C5(c6ccccc6)c6ccccc6-c6ccccc65)cc4)cc3)c3ccccc3-c3ccccc32)cc1. The molecule has 0 radical (unpaired) electrons. The summed E-state index contributed by atoms with van der Waals surface area (Å²) in [5, 5.41) is 2.26. The van der Waals surface area contributed by atoms with Crippen LogP contribution in [-0.2, 0) is 10.8 Å². The molecule has 2 aliphatic carbocycles. The van der Waals surface area contributed by atoms with Crippen LogP contribution < -0.4 is 4.90 Å². The van der Waals surface area contributed by atoms with E-state index in [0.717, 1.165) is 61.3 Å². The Labute approximate surface area is 443 Å². The van der Waals surface area contributed by atoms with E-state index in [-0.39, 0.29) is 0 Å². The number of hydrogen-bond donors (Lipinski definition) is 0. The van der Waals surface area contributed by atoms with Crippen molar-refractivity contribution >= 4 is 39.0 Å². The number of anilines is 3. The normalized spacial score (nSPS) is 13.5. The maximum atomic E-state index is 6.18. The van der Waals surface area contributed by atoms with Gasteiger partial charge in [0.2, 0.25) is 0 Å². The topological polar surface area (TPSA) is 16.4 Å². The van der Waals surface area contributed by atoms with Crippen molar-refractivity contribution in [2.75, 3.05) is 4.90 Å². The Balaban J connectivity index is 0.864. The molecule has 0 N–H and O–H groups in total. The Bertz CT molecular complexity index is 4050. The highest BCUT2D eigenvalue weighted by molar-refractivity contribution is 6.06. The van der Waals surface area contributed by atoms with Gasteiger partial charge in [0.15, 0.2) is 0 Å². The van der Waals surface area contributed by atoms with Gasteiger partial charge in [0, 0.05) is 27.8 Å². The van der Waals surface area contributed by atoms with Crippen LogP contribution in [0.2, 0.25) is 0 Å². The molecule has 0 fully saturated rings. The molecule has 0 bridgehead atoms. The number of para-hydroxylation sites is 1. The maximum absolute atomic E-state index is 6.18. The van der Waals surface area contributed by atoms with Crippen molar-refractivity contribution in [1.29, 1.82) is 0 Å². The molecule has 0 amide bonds. The highest BCUT2D eigenvalue weighted by Gasteiger charge is 2.47. The van der Waals surface area contributed by atoms with Gasteiger partial charge in [-0.15, -0.1) is 0 Å². The number of hydrogen-bond acceptors (Lipinski definition) is 2. The van der Waals surface area contributed by atoms with Gasteiger partial charge in [-0.05, 0) is 150 Å². The summed E-state index contributed by atoms with van der Waals surface area (Å²) in [4.78, 5) is 2.41. The average Bonchev–Trinajstić information content (AvgIpc) is 4.15. The molecule has 2 heteroatoms. The summed E-state index contributed by atoms with van der Waals surface area (Å²) in [5.74, 6) is 0. The van der Waals surface area contributed by atoms with Crippen LogP contribution in [0.15, 0.2) is 302 Å². The standard InChI is InChI=1S/C74H49NO/c1-3-20-54(21-4-1)73(67-29-12-7-24-61(67)62-25-8-13-30-68(62)73)56-37-43-59(44-38-56)75(58-41-34-50(35-42-58)51-18-17-19-52(48-51)53-36-47-72-66(49-53)65-28-11-16-33-71(65)76-72)60-45-39-57(40-46-60)74(55-22-5-2-6-23-55)69-31-14-9-26-63(69)64-27-10-15-32-70(64)74/h1-49H. The maximum Gasteiger partial charge on any atom is 0.135 e. The van der Waals surface area contributed by atoms with Crippen molar-refractivity contribution in [3.8, 4) is 44.5 Å². The third-order valence-corrected chi connectivity index (χ3v) is 16.5. The van der Waals surface area contributed by atoms with Crippen LogP contribution in [0.5, 0.6) is 0 Å². The molecule has 0 saturated heterocycles. The molecular formula is C74H49NO. The Morgan fingerprint density at radius 2 is 0.592 bits per heavy atom. The summed E-state index contributed by atoms with van der Waals surface area (Å²) >= 11 is 0. The average molecular weight is 968 g/mol. The predicted octanol–water partition coefficient (Wildman–Crippen LogP) is 19.1. The van der Waals surface area contributed by atoms with Gasteiger partial charge in [0.25, 0.3) is 0 Å². The van der Waals surface area contributed by atoms with E-state index in [9.17, 15) is 0 Å². The van der Waals surface area contributed by atoms with E-state index in [0.29, 0.717) is 0 Å². The third-order valence-electron chi connectivity index (χ3n) is 16.5. The second-order valence-corrected chi connectivity index (χ2v) is 20.3. The zero-order valence-electron chi connectivity index (χ0n) is 41.6. The quantitative estimate of drug-likeness (QED) is 0.143. The lowest BCUT2D eigenvalue weighted by atomic mass is 9.67. The predicted molar refractivity (Wildman–Crippen MR) is 314 cm³/mol. The first-order valence-electron chi connectivity index (χ1n) is 26.3. The molecule has 1 heterocycles. The molecule has 0 spiro atoms. The van der Waals surface area contributed by atoms with E-state index in [1.54, 1.807) is 0 Å². The highest BCUT2D eigenvalue weighted by atomic mass is 16.3. The minimum atomic E-state index is -0.493. The first-order valence-corrected chi connectivity index (χ1v) is 26.3. The zero-order valence-corrected chi connectivity index (χ0v) is 41.6. The van der Waals surface area contributed by atoms with Crippen LogP contribution in [0.3, 0.4) is 0 Å². The number of benzene rings is 12. The first-order chi connectivity index (χ1) is 37.7. The smallest absolute Gasteiger partial charge is 0.135 e. The van der Waals surface area contributed by atoms with Crippen LogP contribution in [-0.4, -0.2) is 0 Å². The van der Waals surface area contributed by atoms with E-state index in [1.165, 1.54) is 66.8 Å². The highest BCUT2D eigenvalue weighted by Crippen LogP contribution is 2.58. The Morgan fingerprint density at radius 3 is 1.08 bits per heavy atom. The van der Waals surface area contributed by atoms with E-state index in [4.69, 9.17) is 4.42 Å². The molecule has 2 aliphatic rings. The molecular weight excluding hydrogens is 919 g/mol. The number of furan rings is 1. The van der Waals surface area contributed by atoms with Crippen LogP contribution in [0.4, 0.5) is 17.1 Å². The van der Waals surface area contributed by atoms with Gasteiger partial charge in [-0.3, -0.25) is 0 Å². The van der Waals surface area contributed by atoms with Crippen molar-refractivity contribution in [3.63, 3.8) is 0 Å². The largest absolute Gasteiger partial charge is 0.456 e. The number of rotatable bonds is 9. The summed E-state index contributed by atoms with van der Waals surface area (Å²) in [6.07, 6.45) is 0. The summed E-state index contributed by atoms with van der Waals surface area (Å²) in [6, 6.07) is 109. The van der Waals surface area contributed by atoms with Crippen molar-refractivity contribution in [2.45, 2.75) is 10.8 Å². The number of nitrogens with zero attached hydrogens (tertiary/aromatic N) is 1. The first kappa shape index (κ1) is 43.8. The molecule has 13 aromatic rings. The van der Waals surface area contributed by atoms with Gasteiger partial charge < -0.3 is 9.32 Å². The second-order valence-electron chi connectivity index (χ2n) is 20.3. The molecule has 0 atom stereocenters. The molecule has 76 heavy (non-hydrogen) atoms. The third kappa shape index (κ3) is 6.54. The van der Waals surface area contributed by atoms with Crippen LogP contribution in [0, 0.1) is 0 Å². The van der Waals surface area contributed by atoms with Crippen molar-refractivity contribution < 1.29 is 4.42 Å². The van der Waals surface area contributed by atoms with Gasteiger partial charge in [-0.2, -0.15) is 0 Å². The Hall–Kier alpha value is -9.76. The molecule has 15 rings (SSSR count). The fourth-order valence-electron chi connectivity index (χ4n) is 13.2. The van der Waals surface area contributed by atoms with Crippen LogP contribution in [0.1, 0.15) is 44.5 Å². The van der Waals surface area contributed by atoms with Gasteiger partial charge in [0.1, 0.15) is 11.2 Å². The Kier molecular flexibility index (Phi) is 10.0. The second kappa shape index (κ2) is 17.4. The fourth-order valence-corrected chi connectivity index (χ4v) is 13.2. The van der Waals surface area contributed by atoms with Gasteiger partial charge >= 0.3 is 0 Å². The minimum absolute atomic E-state index is 0.493. The molecule has 12 aromatic carbocycles. The molecule has 356 valence electrons. The lowest BCUT2D eigenvalue weighted by Gasteiger charge is -2.35. The van der Waals surface area contributed by atoms with Crippen molar-refractivity contribution in [3.05, 3.63) is 342 Å². The monoisotopic (exact) mass is 967 g/mol. The van der Waals surface area contributed by atoms with Gasteiger partial charge in [0.05, 0.1) is 10.8 Å². The fraction of sp³-hybridized carbons (Fsp3) is 0.0270. The molecule has 0 saturated carbocycles. The summed E-state index contributed by atoms with van der Waals surface area (Å²) in [5.41, 5.74) is 24.0. The zero-order chi connectivity index (χ0) is 50.2. The molecule has 0 unspecified atom stereocenters. The van der Waals surface area contributed by atoms with Gasteiger partial charge in [-0.25, -0.2) is 0 Å². The van der Waals surface area contributed by atoms with Crippen molar-refractivity contribution in [1.82, 2.24) is 0 Å². The van der Waals surface area contributed by atoms with E-state index < -0.39 is 10.8 Å². The molecule has 2 nitrogen and oxygen atoms in total. The van der Waals surface area contributed by atoms with Gasteiger partial charge in [-0.1, -0.05) is 237 Å². The summed E-state index contributed by atoms with van der Waals surface area (Å²) in [7, 11) is 0. The van der Waals surface area contributed by atoms with Crippen LogP contribution in [0.25, 0.3) is 66.4 Å². The van der Waals surface area contributed by atoms with Crippen molar-refractivity contribution in [2.24, 2.45) is 0 Å². The lowest BCUT2D eigenvalue weighted by Crippen LogP contribution is -2.28. The van der Waals surface area contributed by atoms with E-state index in [2.05, 4.69) is 290 Å². The van der Waals surface area contributed by atoms with E-state index >= 15 is 0 Å². The minimum Gasteiger partial charge on any atom is -0.456 e. The van der Waals surface area contributed by atoms with E-state index in [1.807, 2.05) is 12.1 Å². The molecule has 0 aliphatic heterocycles. The Morgan fingerprint density at radius 1 is 0.237 bits per heavy atom. The number of fused-ring (bicyclic) bond motifs is 9. The lowest BCUT2D eigenvalue weighted by molar-refractivity contribution is 0.669. The summed E-state index contributed by atoms with van der Waals surface area (Å²) in [6.45, 7) is 0. The molecule has 1 aromatic heterocycles. The summed E-state index contributed by atoms with van der Waals surface area (Å²) < 4.78 is 6.18.